The fourth-order valence-electron chi connectivity index (χ4n) is 0.454. The Morgan fingerprint density at radius 1 is 1.30 bits per heavy atom. The normalized spacial score (nSPS) is 10.8. The zero-order chi connectivity index (χ0) is 8.15. The first kappa shape index (κ1) is 8.32. The molecule has 0 aliphatic carbocycles. The summed E-state index contributed by atoms with van der Waals surface area (Å²) in [6.07, 6.45) is 0. The average Bonchev–Trinajstić information content (AvgIpc) is 1.88. The highest BCUT2D eigenvalue weighted by Gasteiger charge is 2.02. The largest absolute Gasteiger partial charge is 0.388 e. The second-order valence-electron chi connectivity index (χ2n) is 1.88. The molecule has 0 saturated heterocycles. The van der Waals surface area contributed by atoms with E-state index in [9.17, 15) is 0 Å². The van der Waals surface area contributed by atoms with Crippen LogP contribution in [0.2, 0.25) is 0 Å². The molecule has 10 heavy (non-hydrogen) atoms. The summed E-state index contributed by atoms with van der Waals surface area (Å²) >= 11 is 0. The maximum atomic E-state index is 8.42. The quantitative estimate of drug-likeness (QED) is 0.505. The molecular formula is C6H8N4. The third-order valence-electron chi connectivity index (χ3n) is 0.929. The number of hydrogen-bond donors (Lipinski definition) is 1. The molecule has 4 heteroatoms. The smallest absolute Gasteiger partial charge is 0.149 e. The summed E-state index contributed by atoms with van der Waals surface area (Å²) in [4.78, 5) is 1.50. The van der Waals surface area contributed by atoms with Crippen molar-refractivity contribution in [2.45, 2.75) is 0 Å². The van der Waals surface area contributed by atoms with Crippen molar-refractivity contribution < 1.29 is 0 Å². The van der Waals surface area contributed by atoms with Crippen LogP contribution in [0.5, 0.6) is 0 Å². The summed E-state index contributed by atoms with van der Waals surface area (Å²) in [5.41, 5.74) is 5.33. The minimum absolute atomic E-state index is 0.0486. The lowest BCUT2D eigenvalue weighted by molar-refractivity contribution is 0.528. The second kappa shape index (κ2) is 3.37. The average molecular weight is 136 g/mol. The minimum Gasteiger partial charge on any atom is -0.388 e. The van der Waals surface area contributed by atoms with E-state index in [2.05, 4.69) is 0 Å². The van der Waals surface area contributed by atoms with Crippen LogP contribution in [0.15, 0.2) is 11.4 Å². The third kappa shape index (κ3) is 1.68. The van der Waals surface area contributed by atoms with Crippen LogP contribution in [0.25, 0.3) is 0 Å². The SMILES string of the molecule is CN(C)/C(C#N)=C(\N)C#N. The Kier molecular flexibility index (Phi) is 2.80. The molecule has 0 radical (unpaired) electrons. The first-order chi connectivity index (χ1) is 4.63. The fourth-order valence-corrected chi connectivity index (χ4v) is 0.454. The standard InChI is InChI=1S/C6H8N4/c1-10(2)6(4-8)5(9)3-7/h9H2,1-2H3/b6-5-. The number of rotatable bonds is 1. The van der Waals surface area contributed by atoms with Crippen molar-refractivity contribution in [3.63, 3.8) is 0 Å². The molecular weight excluding hydrogens is 128 g/mol. The Bertz CT molecular complexity index is 225. The van der Waals surface area contributed by atoms with Crippen LogP contribution in [0, 0.1) is 22.7 Å². The van der Waals surface area contributed by atoms with Gasteiger partial charge in [0.1, 0.15) is 23.5 Å². The van der Waals surface area contributed by atoms with Gasteiger partial charge in [-0.15, -0.1) is 0 Å². The molecule has 0 spiro atoms. The van der Waals surface area contributed by atoms with Crippen LogP contribution < -0.4 is 5.73 Å². The summed E-state index contributed by atoms with van der Waals surface area (Å²) in [5, 5.41) is 16.7. The zero-order valence-electron chi connectivity index (χ0n) is 5.92. The first-order valence-corrected chi connectivity index (χ1v) is 2.60. The molecule has 0 amide bonds. The van der Waals surface area contributed by atoms with Crippen LogP contribution in [0.4, 0.5) is 0 Å². The molecule has 52 valence electrons. The van der Waals surface area contributed by atoms with Gasteiger partial charge < -0.3 is 10.6 Å². The molecule has 2 N–H and O–H groups in total. The molecule has 0 aliphatic heterocycles. The Morgan fingerprint density at radius 3 is 1.90 bits per heavy atom. The second-order valence-corrected chi connectivity index (χ2v) is 1.88. The summed E-state index contributed by atoms with van der Waals surface area (Å²) in [7, 11) is 3.31. The maximum absolute atomic E-state index is 8.42. The van der Waals surface area contributed by atoms with Gasteiger partial charge in [-0.25, -0.2) is 0 Å². The van der Waals surface area contributed by atoms with Gasteiger partial charge in [0, 0.05) is 14.1 Å². The van der Waals surface area contributed by atoms with Crippen LogP contribution in [-0.2, 0) is 0 Å². The monoisotopic (exact) mass is 136 g/mol. The number of nitrogens with two attached hydrogens (primary N) is 1. The number of allylic oxidation sites excluding steroid dienone is 2. The molecule has 0 rings (SSSR count). The van der Waals surface area contributed by atoms with E-state index >= 15 is 0 Å². The zero-order valence-corrected chi connectivity index (χ0v) is 5.92. The van der Waals surface area contributed by atoms with Gasteiger partial charge in [-0.05, 0) is 0 Å². The molecule has 0 saturated carbocycles. The molecule has 0 heterocycles. The van der Waals surface area contributed by atoms with Crippen molar-refractivity contribution in [3.8, 4) is 12.1 Å². The van der Waals surface area contributed by atoms with Crippen molar-refractivity contribution in [2.24, 2.45) is 5.73 Å². The highest BCUT2D eigenvalue weighted by molar-refractivity contribution is 5.32. The highest BCUT2D eigenvalue weighted by Crippen LogP contribution is 1.98. The van der Waals surface area contributed by atoms with E-state index in [0.29, 0.717) is 0 Å². The van der Waals surface area contributed by atoms with E-state index in [0.717, 1.165) is 0 Å². The van der Waals surface area contributed by atoms with Crippen LogP contribution >= 0.6 is 0 Å². The van der Waals surface area contributed by atoms with Gasteiger partial charge >= 0.3 is 0 Å². The van der Waals surface area contributed by atoms with Gasteiger partial charge in [0.25, 0.3) is 0 Å². The van der Waals surface area contributed by atoms with Gasteiger partial charge in [-0.2, -0.15) is 10.5 Å². The van der Waals surface area contributed by atoms with Gasteiger partial charge in [0.05, 0.1) is 0 Å². The fraction of sp³-hybridized carbons (Fsp3) is 0.333. The topological polar surface area (TPSA) is 76.8 Å². The molecule has 0 bridgehead atoms. The number of nitrogens with zero attached hydrogens (tertiary/aromatic N) is 3. The molecule has 4 nitrogen and oxygen atoms in total. The lowest BCUT2D eigenvalue weighted by Gasteiger charge is -2.09. The van der Waals surface area contributed by atoms with Crippen LogP contribution in [0.3, 0.4) is 0 Å². The Morgan fingerprint density at radius 2 is 1.80 bits per heavy atom. The predicted octanol–water partition coefficient (Wildman–Crippen LogP) is -0.235. The van der Waals surface area contributed by atoms with Crippen molar-refractivity contribution in [1.82, 2.24) is 4.90 Å². The highest BCUT2D eigenvalue weighted by atomic mass is 15.1. The lowest BCUT2D eigenvalue weighted by atomic mass is 10.3. The molecule has 0 fully saturated rings. The molecule has 0 aromatic carbocycles. The van der Waals surface area contributed by atoms with Gasteiger partial charge in [0.15, 0.2) is 0 Å². The molecule has 0 aromatic heterocycles. The number of hydrogen-bond acceptors (Lipinski definition) is 4. The van der Waals surface area contributed by atoms with E-state index in [1.165, 1.54) is 4.90 Å². The number of nitriles is 2. The summed E-state index contributed by atoms with van der Waals surface area (Å²) in [6, 6.07) is 3.50. The third-order valence-corrected chi connectivity index (χ3v) is 0.929. The Labute approximate surface area is 59.8 Å². The van der Waals surface area contributed by atoms with Crippen molar-refractivity contribution in [1.29, 1.82) is 10.5 Å². The predicted molar refractivity (Wildman–Crippen MR) is 36.1 cm³/mol. The van der Waals surface area contributed by atoms with E-state index in [4.69, 9.17) is 16.3 Å². The minimum atomic E-state index is -0.0486. The van der Waals surface area contributed by atoms with E-state index < -0.39 is 0 Å². The van der Waals surface area contributed by atoms with Crippen molar-refractivity contribution >= 4 is 0 Å². The van der Waals surface area contributed by atoms with Crippen molar-refractivity contribution in [2.75, 3.05) is 14.1 Å². The Balaban J connectivity index is 4.73. The van der Waals surface area contributed by atoms with Gasteiger partial charge in [-0.1, -0.05) is 0 Å². The molecule has 0 aromatic rings. The molecule has 0 unspecified atom stereocenters. The van der Waals surface area contributed by atoms with Gasteiger partial charge in [-0.3, -0.25) is 0 Å². The lowest BCUT2D eigenvalue weighted by Crippen LogP contribution is -2.15. The van der Waals surface area contributed by atoms with Crippen molar-refractivity contribution in [3.05, 3.63) is 11.4 Å². The van der Waals surface area contributed by atoms with Crippen LogP contribution in [0.1, 0.15) is 0 Å². The summed E-state index contributed by atoms with van der Waals surface area (Å²) in [6.45, 7) is 0. The van der Waals surface area contributed by atoms with Crippen LogP contribution in [-0.4, -0.2) is 19.0 Å². The van der Waals surface area contributed by atoms with Gasteiger partial charge in [0.2, 0.25) is 0 Å². The summed E-state index contributed by atoms with van der Waals surface area (Å²) < 4.78 is 0. The summed E-state index contributed by atoms with van der Waals surface area (Å²) in [5.74, 6) is 0. The van der Waals surface area contributed by atoms with E-state index in [1.54, 1.807) is 20.2 Å². The van der Waals surface area contributed by atoms with E-state index in [-0.39, 0.29) is 11.4 Å². The maximum Gasteiger partial charge on any atom is 0.149 e. The first-order valence-electron chi connectivity index (χ1n) is 2.60. The van der Waals surface area contributed by atoms with E-state index in [1.807, 2.05) is 6.07 Å². The molecule has 0 atom stereocenters. The molecule has 0 aliphatic rings. The Hall–Kier alpha value is -1.68.